The maximum absolute atomic E-state index is 9.13. The second-order valence-corrected chi connectivity index (χ2v) is 5.41. The fourth-order valence-corrected chi connectivity index (χ4v) is 1.93. The summed E-state index contributed by atoms with van der Waals surface area (Å²) in [5.41, 5.74) is 2.73. The highest BCUT2D eigenvalue weighted by atomic mass is 16.5. The van der Waals surface area contributed by atoms with Crippen LogP contribution in [-0.4, -0.2) is 10.2 Å². The summed E-state index contributed by atoms with van der Waals surface area (Å²) in [4.78, 5) is 0. The van der Waals surface area contributed by atoms with E-state index in [0.29, 0.717) is 5.56 Å². The Labute approximate surface area is 109 Å². The molecule has 1 aromatic carbocycles. The van der Waals surface area contributed by atoms with Gasteiger partial charge in [0.05, 0.1) is 0 Å². The van der Waals surface area contributed by atoms with Crippen molar-refractivity contribution < 1.29 is 10.2 Å². The second kappa shape index (κ2) is 5.98. The lowest BCUT2D eigenvalue weighted by Gasteiger charge is -2.21. The van der Waals surface area contributed by atoms with Gasteiger partial charge in [0.15, 0.2) is 6.29 Å². The Bertz CT molecular complexity index is 430. The van der Waals surface area contributed by atoms with Crippen molar-refractivity contribution in [3.8, 4) is 0 Å². The van der Waals surface area contributed by atoms with Crippen molar-refractivity contribution in [2.75, 3.05) is 0 Å². The molecule has 0 radical (unpaired) electrons. The summed E-state index contributed by atoms with van der Waals surface area (Å²) >= 11 is 0. The van der Waals surface area contributed by atoms with Gasteiger partial charge in [0.1, 0.15) is 0 Å². The van der Waals surface area contributed by atoms with E-state index in [9.17, 15) is 0 Å². The predicted octanol–water partition coefficient (Wildman–Crippen LogP) is 3.37. The molecule has 0 amide bonds. The molecule has 1 aromatic rings. The number of allylic oxidation sites excluding steroid dienone is 2. The normalized spacial score (nSPS) is 11.6. The molecular formula is C16H22O2. The molecule has 0 spiro atoms. The fourth-order valence-electron chi connectivity index (χ4n) is 1.93. The van der Waals surface area contributed by atoms with Gasteiger partial charge in [-0.05, 0) is 23.8 Å². The van der Waals surface area contributed by atoms with Crippen LogP contribution < -0.4 is 0 Å². The van der Waals surface area contributed by atoms with Crippen LogP contribution in [0.1, 0.15) is 37.7 Å². The highest BCUT2D eigenvalue weighted by molar-refractivity contribution is 5.27. The van der Waals surface area contributed by atoms with Crippen LogP contribution in [0.15, 0.2) is 49.1 Å². The molecule has 0 heterocycles. The van der Waals surface area contributed by atoms with Crippen molar-refractivity contribution in [3.63, 3.8) is 0 Å². The first kappa shape index (κ1) is 14.7. The molecule has 0 unspecified atom stereocenters. The Kier molecular flexibility index (Phi) is 4.88. The van der Waals surface area contributed by atoms with Gasteiger partial charge in [-0.15, -0.1) is 6.58 Å². The molecule has 18 heavy (non-hydrogen) atoms. The van der Waals surface area contributed by atoms with Crippen LogP contribution in [0.2, 0.25) is 0 Å². The number of aliphatic hydroxyl groups excluding tert-OH is 1. The Morgan fingerprint density at radius 1 is 1.39 bits per heavy atom. The van der Waals surface area contributed by atoms with Crippen molar-refractivity contribution in [2.45, 2.75) is 33.0 Å². The van der Waals surface area contributed by atoms with Crippen molar-refractivity contribution in [1.29, 1.82) is 0 Å². The van der Waals surface area contributed by atoms with Crippen LogP contribution in [0, 0.1) is 5.41 Å². The average Bonchev–Trinajstić information content (AvgIpc) is 2.28. The zero-order valence-electron chi connectivity index (χ0n) is 11.2. The predicted molar refractivity (Wildman–Crippen MR) is 75.1 cm³/mol. The van der Waals surface area contributed by atoms with E-state index in [-0.39, 0.29) is 5.41 Å². The summed E-state index contributed by atoms with van der Waals surface area (Å²) < 4.78 is 0. The maximum Gasteiger partial charge on any atom is 0.178 e. The monoisotopic (exact) mass is 246 g/mol. The van der Waals surface area contributed by atoms with Gasteiger partial charge >= 0.3 is 0 Å². The lowest BCUT2D eigenvalue weighted by atomic mass is 9.84. The fraction of sp³-hybridized carbons (Fsp3) is 0.375. The minimum Gasteiger partial charge on any atom is -0.364 e. The minimum absolute atomic E-state index is 0.0468. The van der Waals surface area contributed by atoms with Crippen LogP contribution in [0.25, 0.3) is 0 Å². The molecule has 0 aliphatic carbocycles. The van der Waals surface area contributed by atoms with E-state index in [4.69, 9.17) is 10.2 Å². The van der Waals surface area contributed by atoms with Gasteiger partial charge in [0, 0.05) is 5.56 Å². The zero-order chi connectivity index (χ0) is 13.8. The molecule has 0 bridgehead atoms. The van der Waals surface area contributed by atoms with E-state index < -0.39 is 6.29 Å². The summed E-state index contributed by atoms with van der Waals surface area (Å²) in [6.07, 6.45) is 2.15. The van der Waals surface area contributed by atoms with E-state index in [1.807, 2.05) is 18.2 Å². The first-order valence-corrected chi connectivity index (χ1v) is 6.09. The minimum atomic E-state index is -1.41. The van der Waals surface area contributed by atoms with E-state index >= 15 is 0 Å². The van der Waals surface area contributed by atoms with Crippen LogP contribution in [-0.2, 0) is 6.42 Å². The molecule has 2 nitrogen and oxygen atoms in total. The van der Waals surface area contributed by atoms with Gasteiger partial charge in [-0.25, -0.2) is 0 Å². The molecule has 2 heteroatoms. The summed E-state index contributed by atoms with van der Waals surface area (Å²) in [6, 6.07) is 7.30. The summed E-state index contributed by atoms with van der Waals surface area (Å²) in [5, 5.41) is 18.3. The topological polar surface area (TPSA) is 40.5 Å². The molecule has 0 aromatic heterocycles. The molecule has 0 aliphatic rings. The number of benzene rings is 1. The average molecular weight is 246 g/mol. The van der Waals surface area contributed by atoms with Gasteiger partial charge in [0.2, 0.25) is 0 Å². The van der Waals surface area contributed by atoms with Crippen molar-refractivity contribution >= 4 is 0 Å². The molecule has 0 saturated heterocycles. The third kappa shape index (κ3) is 4.47. The molecule has 0 aliphatic heterocycles. The smallest absolute Gasteiger partial charge is 0.178 e. The third-order valence-corrected chi connectivity index (χ3v) is 2.96. The number of rotatable bonds is 6. The SMILES string of the molecule is C=CC(C)(C)CC(=C)Cc1cccc(C(O)O)c1. The quantitative estimate of drug-likeness (QED) is 0.597. The first-order chi connectivity index (χ1) is 8.34. The van der Waals surface area contributed by atoms with Crippen molar-refractivity contribution in [1.82, 2.24) is 0 Å². The molecule has 0 saturated carbocycles. The Hall–Kier alpha value is -1.38. The van der Waals surface area contributed by atoms with Gasteiger partial charge in [-0.2, -0.15) is 0 Å². The standard InChI is InChI=1S/C16H22O2/c1-5-16(3,4)11-12(2)9-13-7-6-8-14(10-13)15(17)18/h5-8,10,15,17-18H,1-2,9,11H2,3-4H3. The third-order valence-electron chi connectivity index (χ3n) is 2.96. The van der Waals surface area contributed by atoms with Crippen LogP contribution in [0.3, 0.4) is 0 Å². The summed E-state index contributed by atoms with van der Waals surface area (Å²) in [7, 11) is 0. The second-order valence-electron chi connectivity index (χ2n) is 5.41. The van der Waals surface area contributed by atoms with E-state index in [1.54, 1.807) is 12.1 Å². The van der Waals surface area contributed by atoms with Gasteiger partial charge < -0.3 is 10.2 Å². The van der Waals surface area contributed by atoms with Crippen LogP contribution >= 0.6 is 0 Å². The number of aliphatic hydroxyl groups is 2. The Morgan fingerprint density at radius 3 is 2.61 bits per heavy atom. The lowest BCUT2D eigenvalue weighted by Crippen LogP contribution is -2.09. The molecule has 2 N–H and O–H groups in total. The van der Waals surface area contributed by atoms with E-state index in [1.165, 1.54) is 0 Å². The van der Waals surface area contributed by atoms with Gasteiger partial charge in [-0.1, -0.05) is 56.3 Å². The lowest BCUT2D eigenvalue weighted by molar-refractivity contribution is -0.0425. The first-order valence-electron chi connectivity index (χ1n) is 6.09. The summed E-state index contributed by atoms with van der Waals surface area (Å²) in [5.74, 6) is 0. The molecule has 1 rings (SSSR count). The highest BCUT2D eigenvalue weighted by Gasteiger charge is 2.14. The molecular weight excluding hydrogens is 224 g/mol. The zero-order valence-corrected chi connectivity index (χ0v) is 11.2. The number of hydrogen-bond donors (Lipinski definition) is 2. The van der Waals surface area contributed by atoms with Crippen LogP contribution in [0.4, 0.5) is 0 Å². The van der Waals surface area contributed by atoms with E-state index in [0.717, 1.165) is 24.0 Å². The van der Waals surface area contributed by atoms with E-state index in [2.05, 4.69) is 27.0 Å². The molecule has 0 fully saturated rings. The molecule has 98 valence electrons. The van der Waals surface area contributed by atoms with Gasteiger partial charge in [-0.3, -0.25) is 0 Å². The van der Waals surface area contributed by atoms with Crippen molar-refractivity contribution in [2.24, 2.45) is 5.41 Å². The Balaban J connectivity index is 2.70. The largest absolute Gasteiger partial charge is 0.364 e. The van der Waals surface area contributed by atoms with Crippen molar-refractivity contribution in [3.05, 3.63) is 60.2 Å². The maximum atomic E-state index is 9.13. The Morgan fingerprint density at radius 2 is 2.06 bits per heavy atom. The van der Waals surface area contributed by atoms with Gasteiger partial charge in [0.25, 0.3) is 0 Å². The number of hydrogen-bond acceptors (Lipinski definition) is 2. The highest BCUT2D eigenvalue weighted by Crippen LogP contribution is 2.27. The molecule has 0 atom stereocenters. The summed E-state index contributed by atoms with van der Waals surface area (Å²) in [6.45, 7) is 12.2. The van der Waals surface area contributed by atoms with Crippen LogP contribution in [0.5, 0.6) is 0 Å².